The molecule has 0 heterocycles. The molecule has 2 unspecified atom stereocenters. The molecule has 0 radical (unpaired) electrons. The van der Waals surface area contributed by atoms with Gasteiger partial charge in [0.05, 0.1) is 5.41 Å². The second-order valence-corrected chi connectivity index (χ2v) is 4.80. The molecule has 4 aliphatic rings. The highest BCUT2D eigenvalue weighted by molar-refractivity contribution is 5.90. The Kier molecular flexibility index (Phi) is 1.07. The first-order valence-electron chi connectivity index (χ1n) is 4.71. The van der Waals surface area contributed by atoms with Gasteiger partial charge in [-0.2, -0.15) is 0 Å². The number of hydrogen-bond donors (Lipinski definition) is 3. The van der Waals surface area contributed by atoms with Gasteiger partial charge in [0, 0.05) is 5.92 Å². The van der Waals surface area contributed by atoms with E-state index in [0.29, 0.717) is 12.8 Å². The van der Waals surface area contributed by atoms with Crippen LogP contribution in [0.15, 0.2) is 0 Å². The zero-order chi connectivity index (χ0) is 10.3. The lowest BCUT2D eigenvalue weighted by Gasteiger charge is -2.22. The van der Waals surface area contributed by atoms with E-state index < -0.39 is 22.9 Å². The molecule has 4 rings (SSSR count). The van der Waals surface area contributed by atoms with Crippen LogP contribution in [0.3, 0.4) is 0 Å². The van der Waals surface area contributed by atoms with Crippen molar-refractivity contribution in [2.24, 2.45) is 28.9 Å². The molecule has 4 bridgehead atoms. The maximum atomic E-state index is 11.1. The Hall–Kier alpha value is -1.10. The summed E-state index contributed by atoms with van der Waals surface area (Å²) in [6.45, 7) is 0. The summed E-state index contributed by atoms with van der Waals surface area (Å²) in [5.41, 5.74) is 3.79. The number of hydrogen-bond acceptors (Lipinski definition) is 3. The highest BCUT2D eigenvalue weighted by atomic mass is 16.4. The summed E-state index contributed by atoms with van der Waals surface area (Å²) < 4.78 is 0. The first-order chi connectivity index (χ1) is 6.45. The van der Waals surface area contributed by atoms with Crippen molar-refractivity contribution in [3.8, 4) is 0 Å². The van der Waals surface area contributed by atoms with Gasteiger partial charge in [0.25, 0.3) is 0 Å². The zero-order valence-electron chi connectivity index (χ0n) is 7.43. The summed E-state index contributed by atoms with van der Waals surface area (Å²) >= 11 is 0. The second-order valence-electron chi connectivity index (χ2n) is 4.80. The highest BCUT2D eigenvalue weighted by Crippen LogP contribution is 2.81. The lowest BCUT2D eigenvalue weighted by Crippen LogP contribution is -2.51. The molecule has 4 fully saturated rings. The predicted molar refractivity (Wildman–Crippen MR) is 44.3 cm³/mol. The van der Waals surface area contributed by atoms with Gasteiger partial charge >= 0.3 is 11.9 Å². The van der Waals surface area contributed by atoms with E-state index in [1.165, 1.54) is 0 Å². The topological polar surface area (TPSA) is 101 Å². The average molecular weight is 197 g/mol. The molecule has 0 spiro atoms. The summed E-state index contributed by atoms with van der Waals surface area (Å²) in [6.07, 6.45) is 1.14. The molecule has 4 saturated carbocycles. The number of aliphatic carboxylic acids is 2. The number of carboxylic acids is 2. The zero-order valence-corrected chi connectivity index (χ0v) is 7.43. The molecule has 0 amide bonds. The first kappa shape index (κ1) is 8.23. The van der Waals surface area contributed by atoms with Gasteiger partial charge in [-0.1, -0.05) is 0 Å². The SMILES string of the molecule is NC1(C(=O)O)C2C[C@H]3[C@H]1[C@]3(C(=O)O)C2. The van der Waals surface area contributed by atoms with Crippen LogP contribution in [0.2, 0.25) is 0 Å². The summed E-state index contributed by atoms with van der Waals surface area (Å²) in [6, 6.07) is 0. The number of carboxylic acid groups (broad SMARTS) is 2. The van der Waals surface area contributed by atoms with Crippen molar-refractivity contribution in [2.75, 3.05) is 0 Å². The smallest absolute Gasteiger partial charge is 0.324 e. The Morgan fingerprint density at radius 3 is 2.21 bits per heavy atom. The number of rotatable bonds is 2. The van der Waals surface area contributed by atoms with Crippen molar-refractivity contribution in [1.82, 2.24) is 0 Å². The molecule has 4 aliphatic carbocycles. The molecule has 0 aromatic heterocycles. The predicted octanol–water partition coefficient (Wildman–Crippen LogP) is -0.491. The minimum atomic E-state index is -1.26. The lowest BCUT2D eigenvalue weighted by molar-refractivity contribution is -0.145. The largest absolute Gasteiger partial charge is 0.481 e. The van der Waals surface area contributed by atoms with Crippen LogP contribution in [0.25, 0.3) is 0 Å². The normalized spacial score (nSPS) is 57.4. The summed E-state index contributed by atoms with van der Waals surface area (Å²) in [7, 11) is 0. The maximum absolute atomic E-state index is 11.1. The van der Waals surface area contributed by atoms with Crippen LogP contribution in [0.5, 0.6) is 0 Å². The fraction of sp³-hybridized carbons (Fsp3) is 0.778. The molecular weight excluding hydrogens is 186 g/mol. The first-order valence-corrected chi connectivity index (χ1v) is 4.71. The van der Waals surface area contributed by atoms with Crippen LogP contribution in [0.1, 0.15) is 12.8 Å². The van der Waals surface area contributed by atoms with Crippen molar-refractivity contribution in [2.45, 2.75) is 18.4 Å². The third-order valence-corrected chi connectivity index (χ3v) is 4.59. The van der Waals surface area contributed by atoms with Crippen LogP contribution in [-0.4, -0.2) is 27.7 Å². The van der Waals surface area contributed by atoms with E-state index in [1.54, 1.807) is 0 Å². The van der Waals surface area contributed by atoms with Gasteiger partial charge in [-0.15, -0.1) is 0 Å². The Bertz CT molecular complexity index is 368. The molecule has 0 saturated heterocycles. The van der Waals surface area contributed by atoms with Crippen molar-refractivity contribution in [1.29, 1.82) is 0 Å². The van der Waals surface area contributed by atoms with Gasteiger partial charge in [0.2, 0.25) is 0 Å². The Labute approximate surface area is 79.9 Å². The van der Waals surface area contributed by atoms with Crippen LogP contribution in [0, 0.1) is 23.2 Å². The molecule has 0 aromatic carbocycles. The quantitative estimate of drug-likeness (QED) is 0.554. The molecule has 4 N–H and O–H groups in total. The van der Waals surface area contributed by atoms with Gasteiger partial charge < -0.3 is 15.9 Å². The van der Waals surface area contributed by atoms with E-state index in [1.807, 2.05) is 0 Å². The van der Waals surface area contributed by atoms with Gasteiger partial charge in [0.1, 0.15) is 5.54 Å². The fourth-order valence-corrected chi connectivity index (χ4v) is 4.00. The van der Waals surface area contributed by atoms with E-state index in [4.69, 9.17) is 15.9 Å². The van der Waals surface area contributed by atoms with Gasteiger partial charge in [-0.25, -0.2) is 0 Å². The summed E-state index contributed by atoms with van der Waals surface area (Å²) in [5.74, 6) is -2.33. The van der Waals surface area contributed by atoms with E-state index in [0.717, 1.165) is 0 Å². The van der Waals surface area contributed by atoms with Crippen molar-refractivity contribution in [3.63, 3.8) is 0 Å². The van der Waals surface area contributed by atoms with Gasteiger partial charge in [-0.3, -0.25) is 9.59 Å². The standard InChI is InChI=1S/C9H11NO4/c10-9(7(13)14)3-1-4-5(9)8(4,2-3)6(11)12/h3-5H,1-2,10H2,(H,11,12)(H,13,14)/t3?,4-,5-,8-,9?/m0/s1. The van der Waals surface area contributed by atoms with Crippen molar-refractivity contribution in [3.05, 3.63) is 0 Å². The summed E-state index contributed by atoms with van der Waals surface area (Å²) in [5, 5.41) is 18.1. The molecule has 0 aliphatic heterocycles. The van der Waals surface area contributed by atoms with Crippen molar-refractivity contribution >= 4 is 11.9 Å². The number of nitrogens with two attached hydrogens (primary N) is 1. The van der Waals surface area contributed by atoms with Crippen LogP contribution < -0.4 is 5.73 Å². The Morgan fingerprint density at radius 1 is 1.29 bits per heavy atom. The molecular formula is C9H11NO4. The molecule has 76 valence electrons. The van der Waals surface area contributed by atoms with E-state index >= 15 is 0 Å². The molecule has 0 aromatic rings. The van der Waals surface area contributed by atoms with Crippen LogP contribution in [-0.2, 0) is 9.59 Å². The van der Waals surface area contributed by atoms with E-state index in [2.05, 4.69) is 0 Å². The van der Waals surface area contributed by atoms with E-state index in [9.17, 15) is 9.59 Å². The molecule has 5 heteroatoms. The lowest BCUT2D eigenvalue weighted by atomic mass is 9.90. The maximum Gasteiger partial charge on any atom is 0.324 e. The monoisotopic (exact) mass is 197 g/mol. The minimum Gasteiger partial charge on any atom is -0.481 e. The molecule has 5 nitrogen and oxygen atoms in total. The molecule has 14 heavy (non-hydrogen) atoms. The second kappa shape index (κ2) is 1.82. The Balaban J connectivity index is 2.06. The van der Waals surface area contributed by atoms with Crippen LogP contribution >= 0.6 is 0 Å². The number of carbonyl (C=O) groups is 2. The van der Waals surface area contributed by atoms with E-state index in [-0.39, 0.29) is 17.8 Å². The fourth-order valence-electron chi connectivity index (χ4n) is 4.00. The molecule has 5 atom stereocenters. The van der Waals surface area contributed by atoms with Gasteiger partial charge in [-0.05, 0) is 24.7 Å². The van der Waals surface area contributed by atoms with Crippen molar-refractivity contribution < 1.29 is 19.8 Å². The third-order valence-electron chi connectivity index (χ3n) is 4.59. The summed E-state index contributed by atoms with van der Waals surface area (Å²) in [4.78, 5) is 22.1. The third kappa shape index (κ3) is 0.507. The van der Waals surface area contributed by atoms with Crippen LogP contribution in [0.4, 0.5) is 0 Å². The Morgan fingerprint density at radius 2 is 1.93 bits per heavy atom. The highest BCUT2D eigenvalue weighted by Gasteiger charge is 2.88. The van der Waals surface area contributed by atoms with Gasteiger partial charge in [0.15, 0.2) is 0 Å². The minimum absolute atomic E-state index is 0.0195. The average Bonchev–Trinajstić information content (AvgIpc) is 2.45.